The average molecular weight is 278 g/mol. The standard InChI is InChI=1S/C16H26N2S/c1-14-12-17-16(15-8-4-3-5-9-15)13-18(14)10-6-7-11-19-2/h3-5,8-9,14,16-17H,6-7,10-13H2,1-2H3. The van der Waals surface area contributed by atoms with Gasteiger partial charge < -0.3 is 5.32 Å². The van der Waals surface area contributed by atoms with Crippen molar-refractivity contribution in [1.29, 1.82) is 0 Å². The van der Waals surface area contributed by atoms with Gasteiger partial charge >= 0.3 is 0 Å². The molecule has 2 atom stereocenters. The zero-order valence-corrected chi connectivity index (χ0v) is 13.0. The molecule has 1 saturated heterocycles. The molecule has 1 aliphatic rings. The van der Waals surface area contributed by atoms with Gasteiger partial charge in [-0.2, -0.15) is 11.8 Å². The molecule has 19 heavy (non-hydrogen) atoms. The summed E-state index contributed by atoms with van der Waals surface area (Å²) in [6.45, 7) is 5.82. The molecule has 0 saturated carbocycles. The van der Waals surface area contributed by atoms with Gasteiger partial charge in [-0.1, -0.05) is 30.3 Å². The van der Waals surface area contributed by atoms with Crippen LogP contribution in [0.15, 0.2) is 30.3 Å². The predicted molar refractivity (Wildman–Crippen MR) is 85.8 cm³/mol. The number of benzene rings is 1. The summed E-state index contributed by atoms with van der Waals surface area (Å²) in [5, 5.41) is 3.67. The van der Waals surface area contributed by atoms with Gasteiger partial charge in [0.05, 0.1) is 0 Å². The summed E-state index contributed by atoms with van der Waals surface area (Å²) in [7, 11) is 0. The first kappa shape index (κ1) is 14.9. The van der Waals surface area contributed by atoms with Gasteiger partial charge in [0.2, 0.25) is 0 Å². The maximum absolute atomic E-state index is 3.67. The van der Waals surface area contributed by atoms with E-state index in [9.17, 15) is 0 Å². The molecule has 1 aromatic carbocycles. The smallest absolute Gasteiger partial charge is 0.0449 e. The lowest BCUT2D eigenvalue weighted by Gasteiger charge is -2.39. The number of thioether (sulfide) groups is 1. The molecule has 0 radical (unpaired) electrons. The van der Waals surface area contributed by atoms with E-state index in [1.165, 1.54) is 30.7 Å². The van der Waals surface area contributed by atoms with Crippen LogP contribution >= 0.6 is 11.8 Å². The van der Waals surface area contributed by atoms with E-state index >= 15 is 0 Å². The van der Waals surface area contributed by atoms with Crippen molar-refractivity contribution >= 4 is 11.8 Å². The van der Waals surface area contributed by atoms with Crippen LogP contribution in [0.2, 0.25) is 0 Å². The van der Waals surface area contributed by atoms with Crippen LogP contribution in [0.3, 0.4) is 0 Å². The Morgan fingerprint density at radius 2 is 2.05 bits per heavy atom. The highest BCUT2D eigenvalue weighted by atomic mass is 32.2. The summed E-state index contributed by atoms with van der Waals surface area (Å²) in [5.41, 5.74) is 1.42. The third-order valence-electron chi connectivity index (χ3n) is 3.95. The highest BCUT2D eigenvalue weighted by molar-refractivity contribution is 7.98. The van der Waals surface area contributed by atoms with Gasteiger partial charge in [-0.3, -0.25) is 4.90 Å². The van der Waals surface area contributed by atoms with E-state index in [0.717, 1.165) is 13.1 Å². The normalized spacial score (nSPS) is 24.5. The van der Waals surface area contributed by atoms with Gasteiger partial charge in [0.1, 0.15) is 0 Å². The highest BCUT2D eigenvalue weighted by Gasteiger charge is 2.25. The lowest BCUT2D eigenvalue weighted by molar-refractivity contribution is 0.139. The molecule has 0 bridgehead atoms. The van der Waals surface area contributed by atoms with Gasteiger partial charge in [-0.05, 0) is 43.9 Å². The maximum Gasteiger partial charge on any atom is 0.0449 e. The quantitative estimate of drug-likeness (QED) is 0.805. The molecule has 2 nitrogen and oxygen atoms in total. The summed E-state index contributed by atoms with van der Waals surface area (Å²) in [6.07, 6.45) is 4.86. The van der Waals surface area contributed by atoms with Gasteiger partial charge in [-0.25, -0.2) is 0 Å². The van der Waals surface area contributed by atoms with Gasteiger partial charge in [0, 0.05) is 25.2 Å². The first-order valence-corrected chi connectivity index (χ1v) is 8.72. The highest BCUT2D eigenvalue weighted by Crippen LogP contribution is 2.20. The van der Waals surface area contributed by atoms with E-state index in [-0.39, 0.29) is 0 Å². The second kappa shape index (κ2) is 7.93. The average Bonchev–Trinajstić information content (AvgIpc) is 2.46. The van der Waals surface area contributed by atoms with Crippen LogP contribution in [0, 0.1) is 0 Å². The molecule has 0 spiro atoms. The van der Waals surface area contributed by atoms with Crippen molar-refractivity contribution in [3.05, 3.63) is 35.9 Å². The Labute approximate surface area is 122 Å². The zero-order chi connectivity index (χ0) is 13.5. The summed E-state index contributed by atoms with van der Waals surface area (Å²) in [4.78, 5) is 2.65. The molecule has 2 rings (SSSR count). The van der Waals surface area contributed by atoms with Crippen LogP contribution in [-0.2, 0) is 0 Å². The molecular weight excluding hydrogens is 252 g/mol. The lowest BCUT2D eigenvalue weighted by Crippen LogP contribution is -2.51. The third kappa shape index (κ3) is 4.51. The Balaban J connectivity index is 1.85. The monoisotopic (exact) mass is 278 g/mol. The molecule has 1 aliphatic heterocycles. The molecule has 0 aromatic heterocycles. The minimum absolute atomic E-state index is 0.498. The van der Waals surface area contributed by atoms with E-state index in [0.29, 0.717) is 12.1 Å². The van der Waals surface area contributed by atoms with Crippen molar-refractivity contribution in [2.45, 2.75) is 31.8 Å². The predicted octanol–water partition coefficient (Wildman–Crippen LogP) is 3.16. The van der Waals surface area contributed by atoms with E-state index < -0.39 is 0 Å². The molecule has 1 N–H and O–H groups in total. The lowest BCUT2D eigenvalue weighted by atomic mass is 10.0. The molecule has 0 aliphatic carbocycles. The van der Waals surface area contributed by atoms with Gasteiger partial charge in [-0.15, -0.1) is 0 Å². The van der Waals surface area contributed by atoms with E-state index in [1.807, 2.05) is 11.8 Å². The van der Waals surface area contributed by atoms with Crippen LogP contribution in [0.5, 0.6) is 0 Å². The van der Waals surface area contributed by atoms with E-state index in [1.54, 1.807) is 0 Å². The van der Waals surface area contributed by atoms with Crippen molar-refractivity contribution in [2.75, 3.05) is 31.6 Å². The number of unbranched alkanes of at least 4 members (excludes halogenated alkanes) is 1. The number of rotatable bonds is 6. The van der Waals surface area contributed by atoms with E-state index in [2.05, 4.69) is 53.7 Å². The number of nitrogens with one attached hydrogen (secondary N) is 1. The minimum Gasteiger partial charge on any atom is -0.307 e. The minimum atomic E-state index is 0.498. The summed E-state index contributed by atoms with van der Waals surface area (Å²) >= 11 is 1.96. The Morgan fingerprint density at radius 3 is 2.79 bits per heavy atom. The summed E-state index contributed by atoms with van der Waals surface area (Å²) < 4.78 is 0. The summed E-state index contributed by atoms with van der Waals surface area (Å²) in [5.74, 6) is 1.29. The molecular formula is C16H26N2S. The fourth-order valence-electron chi connectivity index (χ4n) is 2.70. The molecule has 3 heteroatoms. The van der Waals surface area contributed by atoms with Crippen molar-refractivity contribution < 1.29 is 0 Å². The Morgan fingerprint density at radius 1 is 1.26 bits per heavy atom. The van der Waals surface area contributed by atoms with Gasteiger partial charge in [0.25, 0.3) is 0 Å². The first-order chi connectivity index (χ1) is 9.31. The second-order valence-corrected chi connectivity index (χ2v) is 6.40. The van der Waals surface area contributed by atoms with Crippen molar-refractivity contribution in [2.24, 2.45) is 0 Å². The molecule has 1 heterocycles. The molecule has 1 aromatic rings. The number of hydrogen-bond acceptors (Lipinski definition) is 3. The van der Waals surface area contributed by atoms with Crippen molar-refractivity contribution in [3.8, 4) is 0 Å². The Kier molecular flexibility index (Phi) is 6.21. The Hall–Kier alpha value is -0.510. The second-order valence-electron chi connectivity index (χ2n) is 5.42. The number of hydrogen-bond donors (Lipinski definition) is 1. The third-order valence-corrected chi connectivity index (χ3v) is 4.64. The SMILES string of the molecule is CSCCCCN1CC(c2ccccc2)NCC1C. The molecule has 1 fully saturated rings. The molecule has 2 unspecified atom stereocenters. The van der Waals surface area contributed by atoms with Gasteiger partial charge in [0.15, 0.2) is 0 Å². The van der Waals surface area contributed by atoms with Crippen molar-refractivity contribution in [1.82, 2.24) is 10.2 Å². The summed E-state index contributed by atoms with van der Waals surface area (Å²) in [6, 6.07) is 12.0. The van der Waals surface area contributed by atoms with Crippen LogP contribution in [0.4, 0.5) is 0 Å². The number of nitrogens with zero attached hydrogens (tertiary/aromatic N) is 1. The van der Waals surface area contributed by atoms with E-state index in [4.69, 9.17) is 0 Å². The maximum atomic E-state index is 3.67. The van der Waals surface area contributed by atoms with Crippen LogP contribution in [0.25, 0.3) is 0 Å². The zero-order valence-electron chi connectivity index (χ0n) is 12.1. The molecule has 0 amide bonds. The Bertz CT molecular complexity index is 355. The van der Waals surface area contributed by atoms with Crippen LogP contribution < -0.4 is 5.32 Å². The fourth-order valence-corrected chi connectivity index (χ4v) is 3.20. The van der Waals surface area contributed by atoms with Crippen LogP contribution in [-0.4, -0.2) is 42.6 Å². The fraction of sp³-hybridized carbons (Fsp3) is 0.625. The topological polar surface area (TPSA) is 15.3 Å². The number of piperazine rings is 1. The van der Waals surface area contributed by atoms with Crippen molar-refractivity contribution in [3.63, 3.8) is 0 Å². The largest absolute Gasteiger partial charge is 0.307 e. The molecule has 106 valence electrons. The van der Waals surface area contributed by atoms with Crippen LogP contribution in [0.1, 0.15) is 31.4 Å². The first-order valence-electron chi connectivity index (χ1n) is 7.32.